The van der Waals surface area contributed by atoms with Gasteiger partial charge in [0, 0.05) is 12.2 Å². The molecule has 2 N–H and O–H groups in total. The number of amides is 1. The number of benzene rings is 2. The Labute approximate surface area is 188 Å². The van der Waals surface area contributed by atoms with Crippen LogP contribution in [0.4, 0.5) is 11.4 Å². The first kappa shape index (κ1) is 21.9. The van der Waals surface area contributed by atoms with Crippen molar-refractivity contribution in [2.24, 2.45) is 10.2 Å². The van der Waals surface area contributed by atoms with Crippen LogP contribution in [0.2, 0.25) is 0 Å². The van der Waals surface area contributed by atoms with Crippen LogP contribution in [0.1, 0.15) is 0 Å². The molecule has 33 heavy (non-hydrogen) atoms. The zero-order chi connectivity index (χ0) is 23.6. The summed E-state index contributed by atoms with van der Waals surface area (Å²) in [6.45, 7) is 0. The van der Waals surface area contributed by atoms with E-state index in [2.05, 4.69) is 15.7 Å². The number of hydrogen-bond donors (Lipinski definition) is 2. The zero-order valence-corrected chi connectivity index (χ0v) is 17.6. The van der Waals surface area contributed by atoms with Crippen LogP contribution in [-0.4, -0.2) is 35.5 Å². The fourth-order valence-electron chi connectivity index (χ4n) is 3.15. The van der Waals surface area contributed by atoms with Crippen molar-refractivity contribution in [3.63, 3.8) is 0 Å². The molecule has 1 aliphatic heterocycles. The third kappa shape index (κ3) is 4.66. The lowest BCUT2D eigenvalue weighted by Crippen LogP contribution is -2.34. The highest BCUT2D eigenvalue weighted by Crippen LogP contribution is 2.28. The highest BCUT2D eigenvalue weighted by Gasteiger charge is 2.38. The molecule has 1 heterocycles. The lowest BCUT2D eigenvalue weighted by molar-refractivity contribution is -0.377. The van der Waals surface area contributed by atoms with Gasteiger partial charge in [-0.3, -0.25) is 14.8 Å². The summed E-state index contributed by atoms with van der Waals surface area (Å²) in [5.41, 5.74) is 4.62. The first-order valence-electron chi connectivity index (χ1n) is 9.50. The van der Waals surface area contributed by atoms with E-state index in [0.717, 1.165) is 12.1 Å². The van der Waals surface area contributed by atoms with Gasteiger partial charge in [-0.2, -0.15) is 23.5 Å². The lowest BCUT2D eigenvalue weighted by Gasteiger charge is -2.16. The Balaban J connectivity index is 1.70. The molecule has 2 aromatic carbocycles. The SMILES string of the molecule is O=C1[C@@H](N=Nc2ccc(S(=O)(=O)O)cc2)C(=C2C=CC(=[N+]([O-])[O-])C=C2)NN1c1ccccc1. The molecular formula is C21H16N5O6S-. The fraction of sp³-hybridized carbons (Fsp3) is 0.0476. The summed E-state index contributed by atoms with van der Waals surface area (Å²) < 4.78 is 31.5. The highest BCUT2D eigenvalue weighted by molar-refractivity contribution is 7.85. The molecule has 1 fully saturated rings. The molecule has 0 saturated carbocycles. The van der Waals surface area contributed by atoms with E-state index >= 15 is 0 Å². The number of nitrogens with zero attached hydrogens (tertiary/aromatic N) is 4. The topological polar surface area (TPSA) is 161 Å². The van der Waals surface area contributed by atoms with Crippen LogP contribution in [0.15, 0.2) is 105 Å². The second-order valence-electron chi connectivity index (χ2n) is 6.93. The molecule has 1 atom stereocenters. The Morgan fingerprint density at radius 3 is 2.18 bits per heavy atom. The molecule has 1 amide bonds. The third-order valence-corrected chi connectivity index (χ3v) is 5.65. The van der Waals surface area contributed by atoms with Crippen molar-refractivity contribution in [3.8, 4) is 0 Å². The molecule has 168 valence electrons. The number of hydrogen-bond acceptors (Lipinski definition) is 8. The molecule has 11 nitrogen and oxygen atoms in total. The van der Waals surface area contributed by atoms with E-state index in [0.29, 0.717) is 17.0 Å². The second kappa shape index (κ2) is 8.68. The minimum absolute atomic E-state index is 0.0966. The quantitative estimate of drug-likeness (QED) is 0.303. The fourth-order valence-corrected chi connectivity index (χ4v) is 3.63. The van der Waals surface area contributed by atoms with Crippen molar-refractivity contribution < 1.29 is 22.7 Å². The summed E-state index contributed by atoms with van der Waals surface area (Å²) >= 11 is 0. The van der Waals surface area contributed by atoms with Gasteiger partial charge in [-0.05, 0) is 54.1 Å². The van der Waals surface area contributed by atoms with E-state index in [1.165, 1.54) is 41.4 Å². The van der Waals surface area contributed by atoms with Crippen LogP contribution in [0, 0.1) is 10.4 Å². The van der Waals surface area contributed by atoms with Crippen LogP contribution in [-0.2, 0) is 14.9 Å². The van der Waals surface area contributed by atoms with Gasteiger partial charge in [-0.15, -0.1) is 0 Å². The Kier molecular flexibility index (Phi) is 5.77. The van der Waals surface area contributed by atoms with Gasteiger partial charge in [-0.1, -0.05) is 18.2 Å². The second-order valence-corrected chi connectivity index (χ2v) is 8.35. The Morgan fingerprint density at radius 1 is 0.970 bits per heavy atom. The number of hydrazine groups is 1. The minimum Gasteiger partial charge on any atom is -0.612 e. The van der Waals surface area contributed by atoms with Crippen LogP contribution in [0.3, 0.4) is 0 Å². The summed E-state index contributed by atoms with van der Waals surface area (Å²) in [6, 6.07) is 12.7. The maximum atomic E-state index is 13.1. The van der Waals surface area contributed by atoms with Crippen LogP contribution in [0.25, 0.3) is 0 Å². The van der Waals surface area contributed by atoms with Crippen LogP contribution < -0.4 is 10.4 Å². The smallest absolute Gasteiger partial charge is 0.294 e. The van der Waals surface area contributed by atoms with Gasteiger partial charge in [0.05, 0.1) is 22.0 Å². The van der Waals surface area contributed by atoms with Crippen molar-refractivity contribution in [1.82, 2.24) is 5.43 Å². The lowest BCUT2D eigenvalue weighted by atomic mass is 10.0. The van der Waals surface area contributed by atoms with Crippen LogP contribution in [0.5, 0.6) is 0 Å². The third-order valence-electron chi connectivity index (χ3n) is 4.79. The molecule has 0 bridgehead atoms. The Bertz CT molecular complexity index is 1320. The van der Waals surface area contributed by atoms with E-state index in [1.54, 1.807) is 30.3 Å². The van der Waals surface area contributed by atoms with Crippen molar-refractivity contribution in [2.45, 2.75) is 10.9 Å². The van der Waals surface area contributed by atoms with Gasteiger partial charge in [0.2, 0.25) is 5.71 Å². The average molecular weight is 466 g/mol. The number of nitrogens with one attached hydrogen (secondary N) is 1. The maximum absolute atomic E-state index is 13.1. The molecule has 1 aliphatic carbocycles. The molecule has 12 heteroatoms. The summed E-state index contributed by atoms with van der Waals surface area (Å²) in [6.07, 6.45) is 5.65. The monoisotopic (exact) mass is 466 g/mol. The molecular weight excluding hydrogens is 450 g/mol. The minimum atomic E-state index is -4.35. The van der Waals surface area contributed by atoms with E-state index in [1.807, 2.05) is 0 Å². The predicted octanol–water partition coefficient (Wildman–Crippen LogP) is 2.77. The first-order valence-corrected chi connectivity index (χ1v) is 10.9. The summed E-state index contributed by atoms with van der Waals surface area (Å²) in [5, 5.41) is 31.4. The van der Waals surface area contributed by atoms with E-state index in [9.17, 15) is 23.6 Å². The summed E-state index contributed by atoms with van der Waals surface area (Å²) in [5.74, 6) is -0.423. The van der Waals surface area contributed by atoms with Gasteiger partial charge < -0.3 is 10.4 Å². The van der Waals surface area contributed by atoms with Crippen LogP contribution >= 0.6 is 0 Å². The number of rotatable bonds is 4. The van der Waals surface area contributed by atoms with Crippen molar-refractivity contribution in [3.05, 3.63) is 101 Å². The number of carbonyl (C=O) groups is 1. The molecule has 1 saturated heterocycles. The molecule has 2 aliphatic rings. The summed E-state index contributed by atoms with van der Waals surface area (Å²) in [4.78, 5) is 12.3. The Hall–Kier alpha value is -4.29. The van der Waals surface area contributed by atoms with Gasteiger partial charge in [0.25, 0.3) is 16.0 Å². The standard InChI is InChI=1S/C21H16N5O6S/c27-21-20(23-22-15-8-12-18(13-9-15)33(30,31)32)19(14-6-10-17(11-7-14)26(28)29)24-25(21)16-4-2-1-3-5-16/h1-13,20H,(H2-,22,23,24,28,29,30,31,32)/q-1/t20-/m0/s1. The summed E-state index contributed by atoms with van der Waals surface area (Å²) in [7, 11) is -4.35. The Morgan fingerprint density at radius 2 is 1.61 bits per heavy atom. The molecule has 4 rings (SSSR count). The van der Waals surface area contributed by atoms with Gasteiger partial charge in [0.1, 0.15) is 0 Å². The van der Waals surface area contributed by atoms with Gasteiger partial charge in [0.15, 0.2) is 6.04 Å². The average Bonchev–Trinajstić information content (AvgIpc) is 3.14. The molecule has 0 spiro atoms. The number of azo groups is 1. The van der Waals surface area contributed by atoms with Crippen molar-refractivity contribution in [2.75, 3.05) is 5.01 Å². The number of allylic oxidation sites excluding steroid dienone is 5. The molecule has 0 unspecified atom stereocenters. The van der Waals surface area contributed by atoms with Gasteiger partial charge >= 0.3 is 0 Å². The molecule has 0 radical (unpaired) electrons. The number of anilines is 1. The zero-order valence-electron chi connectivity index (χ0n) is 16.8. The number of carbonyl (C=O) groups excluding carboxylic acids is 1. The van der Waals surface area contributed by atoms with E-state index < -0.39 is 27.0 Å². The molecule has 2 aromatic rings. The van der Waals surface area contributed by atoms with Crippen molar-refractivity contribution >= 4 is 33.1 Å². The number of para-hydroxylation sites is 1. The van der Waals surface area contributed by atoms with Crippen molar-refractivity contribution in [1.29, 1.82) is 0 Å². The highest BCUT2D eigenvalue weighted by atomic mass is 32.2. The maximum Gasteiger partial charge on any atom is 0.294 e. The van der Waals surface area contributed by atoms with Gasteiger partial charge in [-0.25, -0.2) is 5.01 Å². The van der Waals surface area contributed by atoms with E-state index in [-0.39, 0.29) is 16.3 Å². The van der Waals surface area contributed by atoms with E-state index in [4.69, 9.17) is 4.55 Å². The normalized spacial score (nSPS) is 18.3. The largest absolute Gasteiger partial charge is 0.612 e. The first-order chi connectivity index (χ1) is 15.7. The molecule has 0 aromatic heterocycles. The predicted molar refractivity (Wildman–Crippen MR) is 119 cm³/mol.